The summed E-state index contributed by atoms with van der Waals surface area (Å²) in [5, 5.41) is 12.7. The van der Waals surface area contributed by atoms with Crippen LogP contribution >= 0.6 is 0 Å². The Labute approximate surface area is 211 Å². The molecule has 1 atom stereocenters. The molecule has 0 saturated heterocycles. The Bertz CT molecular complexity index is 1190. The number of rotatable bonds is 10. The van der Waals surface area contributed by atoms with Gasteiger partial charge >= 0.3 is 5.97 Å². The molecule has 0 aliphatic heterocycles. The first kappa shape index (κ1) is 24.7. The number of ether oxygens (including phenoxy) is 1. The van der Waals surface area contributed by atoms with Gasteiger partial charge in [0.2, 0.25) is 5.91 Å². The van der Waals surface area contributed by atoms with E-state index in [1.54, 1.807) is 25.3 Å². The maximum Gasteiger partial charge on any atom is 0.326 e. The van der Waals surface area contributed by atoms with Crippen LogP contribution in [-0.4, -0.2) is 30.1 Å². The van der Waals surface area contributed by atoms with Gasteiger partial charge in [-0.15, -0.1) is 0 Å². The molecule has 4 aromatic carbocycles. The van der Waals surface area contributed by atoms with Crippen molar-refractivity contribution in [1.82, 2.24) is 5.32 Å². The Hall–Kier alpha value is -4.38. The number of aliphatic carboxylic acids is 1. The van der Waals surface area contributed by atoms with Crippen molar-refractivity contribution in [2.24, 2.45) is 0 Å². The summed E-state index contributed by atoms with van der Waals surface area (Å²) in [4.78, 5) is 25.7. The molecule has 0 fully saturated rings. The second kappa shape index (κ2) is 11.4. The molecular weight excluding hydrogens is 450 g/mol. The van der Waals surface area contributed by atoms with Crippen LogP contribution in [0.2, 0.25) is 0 Å². The number of nitrogens with one attached hydrogen (secondary N) is 1. The molecule has 0 heterocycles. The fourth-order valence-corrected chi connectivity index (χ4v) is 4.70. The number of hydrogen-bond donors (Lipinski definition) is 2. The Morgan fingerprint density at radius 3 is 1.72 bits per heavy atom. The lowest BCUT2D eigenvalue weighted by Gasteiger charge is -2.36. The predicted molar refractivity (Wildman–Crippen MR) is 140 cm³/mol. The smallest absolute Gasteiger partial charge is 0.326 e. The second-order valence-electron chi connectivity index (χ2n) is 8.69. The quantitative estimate of drug-likeness (QED) is 0.305. The first-order valence-electron chi connectivity index (χ1n) is 11.8. The number of amides is 1. The van der Waals surface area contributed by atoms with Crippen LogP contribution in [0.5, 0.6) is 5.75 Å². The normalized spacial score (nSPS) is 11.9. The number of hydrogen-bond acceptors (Lipinski definition) is 3. The highest BCUT2D eigenvalue weighted by Gasteiger charge is 2.39. The van der Waals surface area contributed by atoms with Gasteiger partial charge in [0.15, 0.2) is 0 Å². The van der Waals surface area contributed by atoms with Crippen molar-refractivity contribution in [3.8, 4) is 5.75 Å². The third-order valence-electron chi connectivity index (χ3n) is 6.43. The molecule has 0 aliphatic carbocycles. The second-order valence-corrected chi connectivity index (χ2v) is 8.69. The van der Waals surface area contributed by atoms with E-state index in [4.69, 9.17) is 4.74 Å². The van der Waals surface area contributed by atoms with Crippen LogP contribution < -0.4 is 10.1 Å². The number of carboxylic acid groups (broad SMARTS) is 1. The van der Waals surface area contributed by atoms with Gasteiger partial charge in [0.25, 0.3) is 0 Å². The molecule has 1 amide bonds. The largest absolute Gasteiger partial charge is 0.497 e. The lowest BCUT2D eigenvalue weighted by atomic mass is 9.67. The Morgan fingerprint density at radius 2 is 1.28 bits per heavy atom. The monoisotopic (exact) mass is 479 g/mol. The minimum atomic E-state index is -1.09. The van der Waals surface area contributed by atoms with Gasteiger partial charge in [0, 0.05) is 12.8 Å². The predicted octanol–water partition coefficient (Wildman–Crippen LogP) is 5.23. The average Bonchev–Trinajstić information content (AvgIpc) is 2.93. The third kappa shape index (κ3) is 5.47. The zero-order valence-electron chi connectivity index (χ0n) is 20.1. The number of carbonyl (C=O) groups excluding carboxylic acids is 1. The van der Waals surface area contributed by atoms with Gasteiger partial charge in [0.05, 0.1) is 12.5 Å². The van der Waals surface area contributed by atoms with Gasteiger partial charge < -0.3 is 15.2 Å². The van der Waals surface area contributed by atoms with Crippen LogP contribution in [0, 0.1) is 0 Å². The molecule has 0 unspecified atom stereocenters. The molecule has 0 bridgehead atoms. The van der Waals surface area contributed by atoms with Crippen LogP contribution in [0.1, 0.15) is 28.7 Å². The number of carboxylic acids is 1. The van der Waals surface area contributed by atoms with E-state index in [2.05, 4.69) is 5.32 Å². The van der Waals surface area contributed by atoms with Crippen molar-refractivity contribution in [1.29, 1.82) is 0 Å². The summed E-state index contributed by atoms with van der Waals surface area (Å²) >= 11 is 0. The number of benzene rings is 4. The zero-order valence-corrected chi connectivity index (χ0v) is 20.1. The highest BCUT2D eigenvalue weighted by molar-refractivity contribution is 5.85. The SMILES string of the molecule is COc1cccc(C[C@H](NC(=O)CC(c2ccccc2)(c2ccccc2)c2ccccc2)C(=O)O)c1. The van der Waals surface area contributed by atoms with Gasteiger partial charge in [-0.05, 0) is 34.4 Å². The van der Waals surface area contributed by atoms with E-state index in [0.29, 0.717) is 5.75 Å². The maximum atomic E-state index is 13.6. The summed E-state index contributed by atoms with van der Waals surface area (Å²) < 4.78 is 5.26. The summed E-state index contributed by atoms with van der Waals surface area (Å²) in [6.07, 6.45) is 0.195. The first-order valence-corrected chi connectivity index (χ1v) is 11.8. The molecule has 0 saturated carbocycles. The Kier molecular flexibility index (Phi) is 7.81. The first-order chi connectivity index (χ1) is 17.5. The average molecular weight is 480 g/mol. The van der Waals surface area contributed by atoms with E-state index in [1.807, 2.05) is 97.1 Å². The highest BCUT2D eigenvalue weighted by atomic mass is 16.5. The van der Waals surface area contributed by atoms with Crippen molar-refractivity contribution in [3.05, 3.63) is 138 Å². The third-order valence-corrected chi connectivity index (χ3v) is 6.43. The van der Waals surface area contributed by atoms with Gasteiger partial charge in [-0.1, -0.05) is 103 Å². The summed E-state index contributed by atoms with van der Waals surface area (Å²) in [6.45, 7) is 0. The standard InChI is InChI=1S/C31H29NO4/c1-36-27-19-11-12-23(20-27)21-28(30(34)35)32-29(33)22-31(24-13-5-2-6-14-24,25-15-7-3-8-16-25)26-17-9-4-10-18-26/h2-20,28H,21-22H2,1H3,(H,32,33)(H,34,35)/t28-/m0/s1. The summed E-state index contributed by atoms with van der Waals surface area (Å²) in [5.74, 6) is -0.794. The number of methoxy groups -OCH3 is 1. The molecule has 4 rings (SSSR count). The molecule has 5 heteroatoms. The lowest BCUT2D eigenvalue weighted by Crippen LogP contribution is -2.45. The molecule has 4 aromatic rings. The molecule has 2 N–H and O–H groups in total. The van der Waals surface area contributed by atoms with E-state index < -0.39 is 17.4 Å². The van der Waals surface area contributed by atoms with E-state index in [9.17, 15) is 14.7 Å². The molecule has 0 aromatic heterocycles. The minimum absolute atomic E-state index is 0.0485. The molecular formula is C31H29NO4. The maximum absolute atomic E-state index is 13.6. The Balaban J connectivity index is 1.71. The topological polar surface area (TPSA) is 75.6 Å². The molecule has 5 nitrogen and oxygen atoms in total. The van der Waals surface area contributed by atoms with Crippen LogP contribution in [-0.2, 0) is 21.4 Å². The summed E-state index contributed by atoms with van der Waals surface area (Å²) in [6, 6.07) is 35.8. The Morgan fingerprint density at radius 1 is 0.778 bits per heavy atom. The molecule has 0 radical (unpaired) electrons. The van der Waals surface area contributed by atoms with Crippen molar-refractivity contribution in [2.75, 3.05) is 7.11 Å². The van der Waals surface area contributed by atoms with Gasteiger partial charge in [0.1, 0.15) is 11.8 Å². The van der Waals surface area contributed by atoms with E-state index in [-0.39, 0.29) is 18.7 Å². The fraction of sp³-hybridized carbons (Fsp3) is 0.161. The van der Waals surface area contributed by atoms with Crippen molar-refractivity contribution >= 4 is 11.9 Å². The molecule has 36 heavy (non-hydrogen) atoms. The lowest BCUT2D eigenvalue weighted by molar-refractivity contribution is -0.141. The van der Waals surface area contributed by atoms with Gasteiger partial charge in [-0.3, -0.25) is 4.79 Å². The van der Waals surface area contributed by atoms with Gasteiger partial charge in [-0.25, -0.2) is 4.79 Å². The van der Waals surface area contributed by atoms with Gasteiger partial charge in [-0.2, -0.15) is 0 Å². The molecule has 0 aliphatic rings. The van der Waals surface area contributed by atoms with Crippen LogP contribution in [0.4, 0.5) is 0 Å². The molecule has 0 spiro atoms. The fourth-order valence-electron chi connectivity index (χ4n) is 4.70. The van der Waals surface area contributed by atoms with E-state index in [0.717, 1.165) is 22.3 Å². The van der Waals surface area contributed by atoms with Crippen LogP contribution in [0.3, 0.4) is 0 Å². The van der Waals surface area contributed by atoms with Crippen molar-refractivity contribution in [2.45, 2.75) is 24.3 Å². The van der Waals surface area contributed by atoms with Crippen LogP contribution in [0.25, 0.3) is 0 Å². The van der Waals surface area contributed by atoms with Crippen molar-refractivity contribution < 1.29 is 19.4 Å². The zero-order chi connectivity index (χ0) is 25.4. The molecule has 182 valence electrons. The van der Waals surface area contributed by atoms with Crippen molar-refractivity contribution in [3.63, 3.8) is 0 Å². The summed E-state index contributed by atoms with van der Waals surface area (Å²) in [5.41, 5.74) is 2.83. The number of carbonyl (C=O) groups is 2. The van der Waals surface area contributed by atoms with E-state index in [1.165, 1.54) is 0 Å². The van der Waals surface area contributed by atoms with Crippen LogP contribution in [0.15, 0.2) is 115 Å². The highest BCUT2D eigenvalue weighted by Crippen LogP contribution is 2.42. The van der Waals surface area contributed by atoms with E-state index >= 15 is 0 Å². The minimum Gasteiger partial charge on any atom is -0.497 e. The summed E-state index contributed by atoms with van der Waals surface area (Å²) in [7, 11) is 1.56.